The maximum absolute atomic E-state index is 11.4. The highest BCUT2D eigenvalue weighted by molar-refractivity contribution is 5.90. The predicted molar refractivity (Wildman–Crippen MR) is 144 cm³/mol. The number of aromatic nitrogens is 2. The lowest BCUT2D eigenvalue weighted by atomic mass is 10.0. The summed E-state index contributed by atoms with van der Waals surface area (Å²) in [6, 6.07) is 15.7. The summed E-state index contributed by atoms with van der Waals surface area (Å²) >= 11 is 0. The quantitative estimate of drug-likeness (QED) is 0.148. The Bertz CT molecular complexity index is 1430. The van der Waals surface area contributed by atoms with Crippen LogP contribution in [-0.2, 0) is 24.2 Å². The number of nitrogens with zero attached hydrogens (tertiary/aromatic N) is 1. The minimum Gasteiger partial charge on any atom is -0.362 e. The molecule has 0 spiro atoms. The number of carbonyl (C=O) groups is 1. The molecule has 1 atom stereocenters. The van der Waals surface area contributed by atoms with Crippen LogP contribution in [0.3, 0.4) is 0 Å². The first kappa shape index (κ1) is 24.1. The number of benzene rings is 2. The van der Waals surface area contributed by atoms with Crippen molar-refractivity contribution in [2.24, 2.45) is 0 Å². The van der Waals surface area contributed by atoms with Gasteiger partial charge in [0.1, 0.15) is 0 Å². The van der Waals surface area contributed by atoms with Gasteiger partial charge in [0.2, 0.25) is 0 Å². The third-order valence-electron chi connectivity index (χ3n) is 7.41. The van der Waals surface area contributed by atoms with Gasteiger partial charge in [-0.25, -0.2) is 5.48 Å². The van der Waals surface area contributed by atoms with Crippen molar-refractivity contribution in [1.82, 2.24) is 20.3 Å². The summed E-state index contributed by atoms with van der Waals surface area (Å²) in [5, 5.41) is 10.0. The van der Waals surface area contributed by atoms with Crippen molar-refractivity contribution in [1.29, 1.82) is 0 Å². The summed E-state index contributed by atoms with van der Waals surface area (Å²) in [7, 11) is 0. The highest BCUT2D eigenvalue weighted by atomic mass is 16.5. The summed E-state index contributed by atoms with van der Waals surface area (Å²) in [6.45, 7) is 8.27. The molecule has 2 aromatic heterocycles. The van der Waals surface area contributed by atoms with Crippen LogP contribution in [0.4, 0.5) is 0 Å². The molecule has 0 bridgehead atoms. The van der Waals surface area contributed by atoms with Gasteiger partial charge in [0.05, 0.1) is 0 Å². The van der Waals surface area contributed by atoms with E-state index in [0.717, 1.165) is 37.9 Å². The minimum atomic E-state index is -0.524. The summed E-state index contributed by atoms with van der Waals surface area (Å²) in [4.78, 5) is 20.9. The lowest BCUT2D eigenvalue weighted by Crippen LogP contribution is -2.29. The standard InChI is InChI=1S/C30H34N4O2/c1-19-4-8-26-24(17-31-28(26)14-19)12-13-34(18-25-15-20(2)32-21(25)3)29-10-7-23-16-22(5-9-27(23)29)6-11-30(35)33-36/h4-6,8-9,11,14-17,29,31-32,36H,7,10,12-13,18H2,1-3H3,(H,33,35). The molecule has 0 saturated heterocycles. The van der Waals surface area contributed by atoms with E-state index in [4.69, 9.17) is 5.21 Å². The normalized spacial score (nSPS) is 15.3. The van der Waals surface area contributed by atoms with Gasteiger partial charge in [0, 0.05) is 53.7 Å². The number of nitrogens with one attached hydrogen (secondary N) is 3. The second kappa shape index (κ2) is 10.2. The molecule has 0 aliphatic heterocycles. The van der Waals surface area contributed by atoms with Crippen LogP contribution in [-0.4, -0.2) is 32.5 Å². The molecule has 36 heavy (non-hydrogen) atoms. The zero-order valence-electron chi connectivity index (χ0n) is 21.2. The Kier molecular flexibility index (Phi) is 6.81. The molecule has 1 unspecified atom stereocenters. The van der Waals surface area contributed by atoms with E-state index in [0.29, 0.717) is 6.04 Å². The van der Waals surface area contributed by atoms with Crippen molar-refractivity contribution >= 4 is 22.9 Å². The predicted octanol–water partition coefficient (Wildman–Crippen LogP) is 5.67. The molecule has 0 saturated carbocycles. The van der Waals surface area contributed by atoms with Gasteiger partial charge >= 0.3 is 0 Å². The second-order valence-corrected chi connectivity index (χ2v) is 10.0. The zero-order valence-corrected chi connectivity index (χ0v) is 21.2. The van der Waals surface area contributed by atoms with Gasteiger partial charge in [-0.3, -0.25) is 14.9 Å². The average Bonchev–Trinajstić information content (AvgIpc) is 3.56. The molecule has 0 radical (unpaired) electrons. The van der Waals surface area contributed by atoms with E-state index >= 15 is 0 Å². The van der Waals surface area contributed by atoms with Gasteiger partial charge in [-0.2, -0.15) is 0 Å². The van der Waals surface area contributed by atoms with Crippen LogP contribution >= 0.6 is 0 Å². The van der Waals surface area contributed by atoms with Crippen LogP contribution in [0, 0.1) is 20.8 Å². The molecular formula is C30H34N4O2. The fraction of sp³-hybridized carbons (Fsp3) is 0.300. The maximum Gasteiger partial charge on any atom is 0.267 e. The molecule has 6 heteroatoms. The van der Waals surface area contributed by atoms with Crippen molar-refractivity contribution in [3.8, 4) is 0 Å². The van der Waals surface area contributed by atoms with Crippen LogP contribution in [0.1, 0.15) is 57.2 Å². The number of amides is 1. The molecule has 6 nitrogen and oxygen atoms in total. The average molecular weight is 483 g/mol. The molecule has 2 aromatic carbocycles. The summed E-state index contributed by atoms with van der Waals surface area (Å²) in [6.07, 6.45) is 8.32. The number of hydroxylamine groups is 1. The Morgan fingerprint density at radius 2 is 2.00 bits per heavy atom. The number of carbonyl (C=O) groups excluding carboxylic acids is 1. The number of hydrogen-bond acceptors (Lipinski definition) is 3. The van der Waals surface area contributed by atoms with Gasteiger partial charge in [-0.05, 0) is 91.6 Å². The van der Waals surface area contributed by atoms with Crippen LogP contribution in [0.5, 0.6) is 0 Å². The Hall–Kier alpha value is -3.61. The fourth-order valence-corrected chi connectivity index (χ4v) is 5.59. The van der Waals surface area contributed by atoms with Crippen molar-refractivity contribution in [3.63, 3.8) is 0 Å². The highest BCUT2D eigenvalue weighted by Crippen LogP contribution is 2.38. The van der Waals surface area contributed by atoms with Gasteiger partial charge in [0.15, 0.2) is 0 Å². The molecule has 4 aromatic rings. The molecule has 2 heterocycles. The topological polar surface area (TPSA) is 84.2 Å². The van der Waals surface area contributed by atoms with Crippen molar-refractivity contribution in [2.45, 2.75) is 52.6 Å². The molecule has 186 valence electrons. The molecule has 1 aliphatic rings. The van der Waals surface area contributed by atoms with Crippen LogP contribution < -0.4 is 5.48 Å². The largest absolute Gasteiger partial charge is 0.362 e. The van der Waals surface area contributed by atoms with Gasteiger partial charge in [0.25, 0.3) is 5.91 Å². The van der Waals surface area contributed by atoms with E-state index in [9.17, 15) is 4.79 Å². The SMILES string of the molecule is Cc1ccc2c(CCN(Cc3cc(C)[nH]c3C)C3CCc4cc(C=CC(=O)NO)ccc43)c[nH]c2c1. The van der Waals surface area contributed by atoms with E-state index in [1.165, 1.54) is 56.2 Å². The molecule has 0 fully saturated rings. The number of hydrogen-bond donors (Lipinski definition) is 4. The molecule has 4 N–H and O–H groups in total. The van der Waals surface area contributed by atoms with Crippen molar-refractivity contribution in [3.05, 3.63) is 99.5 Å². The van der Waals surface area contributed by atoms with Crippen molar-refractivity contribution in [2.75, 3.05) is 6.54 Å². The first-order chi connectivity index (χ1) is 17.4. The van der Waals surface area contributed by atoms with E-state index in [-0.39, 0.29) is 0 Å². The first-order valence-electron chi connectivity index (χ1n) is 12.6. The van der Waals surface area contributed by atoms with E-state index in [1.807, 2.05) is 0 Å². The van der Waals surface area contributed by atoms with Gasteiger partial charge in [-0.15, -0.1) is 0 Å². The van der Waals surface area contributed by atoms with Crippen LogP contribution in [0.25, 0.3) is 17.0 Å². The Morgan fingerprint density at radius 3 is 2.78 bits per heavy atom. The van der Waals surface area contributed by atoms with E-state index < -0.39 is 5.91 Å². The van der Waals surface area contributed by atoms with E-state index in [2.05, 4.69) is 84.3 Å². The van der Waals surface area contributed by atoms with E-state index in [1.54, 1.807) is 11.6 Å². The molecule has 1 aliphatic carbocycles. The maximum atomic E-state index is 11.4. The third kappa shape index (κ3) is 5.01. The fourth-order valence-electron chi connectivity index (χ4n) is 5.59. The lowest BCUT2D eigenvalue weighted by molar-refractivity contribution is -0.124. The first-order valence-corrected chi connectivity index (χ1v) is 12.6. The Balaban J connectivity index is 1.40. The van der Waals surface area contributed by atoms with Crippen LogP contribution in [0.2, 0.25) is 0 Å². The smallest absolute Gasteiger partial charge is 0.267 e. The number of aryl methyl sites for hydroxylation is 4. The van der Waals surface area contributed by atoms with Crippen molar-refractivity contribution < 1.29 is 10.0 Å². The number of aromatic amines is 2. The zero-order chi connectivity index (χ0) is 25.2. The summed E-state index contributed by atoms with van der Waals surface area (Å²) in [5.74, 6) is -0.524. The molecule has 5 rings (SSSR count). The third-order valence-corrected chi connectivity index (χ3v) is 7.41. The highest BCUT2D eigenvalue weighted by Gasteiger charge is 2.28. The molecule has 1 amide bonds. The lowest BCUT2D eigenvalue weighted by Gasteiger charge is -2.30. The van der Waals surface area contributed by atoms with Crippen LogP contribution in [0.15, 0.2) is 54.7 Å². The Morgan fingerprint density at radius 1 is 1.14 bits per heavy atom. The summed E-state index contributed by atoms with van der Waals surface area (Å²) in [5.41, 5.74) is 12.9. The monoisotopic (exact) mass is 482 g/mol. The minimum absolute atomic E-state index is 0.348. The number of fused-ring (bicyclic) bond motifs is 2. The summed E-state index contributed by atoms with van der Waals surface area (Å²) < 4.78 is 0. The Labute approximate surface area is 212 Å². The van der Waals surface area contributed by atoms with Gasteiger partial charge < -0.3 is 9.97 Å². The number of H-pyrrole nitrogens is 2. The second-order valence-electron chi connectivity index (χ2n) is 10.0. The number of rotatable bonds is 8. The van der Waals surface area contributed by atoms with Gasteiger partial charge in [-0.1, -0.05) is 30.3 Å². The molecular weight excluding hydrogens is 448 g/mol.